The number of sulfone groups is 1. The van der Waals surface area contributed by atoms with E-state index >= 15 is 0 Å². The molecule has 3 unspecified atom stereocenters. The van der Waals surface area contributed by atoms with E-state index in [4.69, 9.17) is 0 Å². The third-order valence-corrected chi connectivity index (χ3v) is 6.88. The number of amides is 1. The Hall–Kier alpha value is -0.310. The van der Waals surface area contributed by atoms with E-state index in [2.05, 4.69) is 5.32 Å². The summed E-state index contributed by atoms with van der Waals surface area (Å²) in [4.78, 5) is 13.9. The molecule has 2 fully saturated rings. The van der Waals surface area contributed by atoms with Gasteiger partial charge in [-0.3, -0.25) is 4.79 Å². The summed E-state index contributed by atoms with van der Waals surface area (Å²) in [5.41, 5.74) is 0. The summed E-state index contributed by atoms with van der Waals surface area (Å²) in [6, 6.07) is -0.451. The molecular weight excluding hydrogens is 288 g/mol. The van der Waals surface area contributed by atoms with E-state index in [-0.39, 0.29) is 11.7 Å². The molecule has 8 heteroatoms. The number of carbonyl (C=O) groups is 1. The Labute approximate surface area is 117 Å². The molecule has 3 atom stereocenters. The number of aliphatic hydroxyl groups excluding tert-OH is 1. The molecule has 0 aromatic heterocycles. The highest BCUT2D eigenvalue weighted by molar-refractivity contribution is 8.01. The zero-order valence-electron chi connectivity index (χ0n) is 10.9. The summed E-state index contributed by atoms with van der Waals surface area (Å²) < 4.78 is 24.1. The lowest BCUT2D eigenvalue weighted by Crippen LogP contribution is -2.55. The van der Waals surface area contributed by atoms with Crippen LogP contribution >= 0.6 is 11.8 Å². The number of nitrogens with one attached hydrogen (secondary N) is 1. The summed E-state index contributed by atoms with van der Waals surface area (Å²) >= 11 is 1.57. The molecule has 2 heterocycles. The van der Waals surface area contributed by atoms with E-state index in [9.17, 15) is 18.3 Å². The Kier molecular flexibility index (Phi) is 4.75. The normalized spacial score (nSPS) is 32.5. The maximum Gasteiger partial charge on any atom is 0.240 e. The quantitative estimate of drug-likeness (QED) is 0.699. The van der Waals surface area contributed by atoms with Crippen molar-refractivity contribution in [1.82, 2.24) is 10.2 Å². The molecule has 0 saturated carbocycles. The van der Waals surface area contributed by atoms with Gasteiger partial charge in [0.05, 0.1) is 12.1 Å². The van der Waals surface area contributed by atoms with Gasteiger partial charge < -0.3 is 15.3 Å². The van der Waals surface area contributed by atoms with Crippen LogP contribution in [0.3, 0.4) is 0 Å². The van der Waals surface area contributed by atoms with Gasteiger partial charge in [0.2, 0.25) is 5.91 Å². The summed E-state index contributed by atoms with van der Waals surface area (Å²) in [6.07, 6.45) is -0.157. The van der Waals surface area contributed by atoms with Crippen molar-refractivity contribution >= 4 is 27.5 Å². The van der Waals surface area contributed by atoms with Gasteiger partial charge in [-0.25, -0.2) is 8.42 Å². The van der Waals surface area contributed by atoms with Crippen molar-refractivity contribution in [3.05, 3.63) is 0 Å². The minimum absolute atomic E-state index is 0.0444. The van der Waals surface area contributed by atoms with Gasteiger partial charge in [-0.05, 0) is 6.42 Å². The monoisotopic (exact) mass is 308 g/mol. The second-order valence-corrected chi connectivity index (χ2v) is 8.46. The van der Waals surface area contributed by atoms with Crippen LogP contribution in [-0.2, 0) is 14.6 Å². The first kappa shape index (κ1) is 15.1. The molecule has 0 bridgehead atoms. The smallest absolute Gasteiger partial charge is 0.240 e. The average molecular weight is 308 g/mol. The van der Waals surface area contributed by atoms with Gasteiger partial charge >= 0.3 is 0 Å². The van der Waals surface area contributed by atoms with Crippen LogP contribution in [0.2, 0.25) is 0 Å². The van der Waals surface area contributed by atoms with Gasteiger partial charge in [0.15, 0.2) is 9.84 Å². The average Bonchev–Trinajstić information content (AvgIpc) is 2.84. The van der Waals surface area contributed by atoms with Gasteiger partial charge in [0.25, 0.3) is 0 Å². The highest BCUT2D eigenvalue weighted by Crippen LogP contribution is 2.23. The molecule has 0 spiro atoms. The molecule has 0 radical (unpaired) electrons. The summed E-state index contributed by atoms with van der Waals surface area (Å²) in [5, 5.41) is 11.7. The van der Waals surface area contributed by atoms with Crippen molar-refractivity contribution in [2.45, 2.75) is 30.9 Å². The fraction of sp³-hybridized carbons (Fsp3) is 0.909. The number of β-amino-alcohol motifs (C(OH)–C–C–N with tert-alkyl or cyclic N) is 1. The predicted octanol–water partition coefficient (Wildman–Crippen LogP) is -0.955. The second kappa shape index (κ2) is 5.99. The van der Waals surface area contributed by atoms with Crippen LogP contribution in [0.1, 0.15) is 13.3 Å². The van der Waals surface area contributed by atoms with E-state index in [1.54, 1.807) is 18.7 Å². The molecule has 2 aliphatic rings. The lowest BCUT2D eigenvalue weighted by atomic mass is 10.2. The Balaban J connectivity index is 2.13. The van der Waals surface area contributed by atoms with Crippen LogP contribution in [0.15, 0.2) is 0 Å². The number of carbonyl (C=O) groups excluding carboxylic acids is 1. The summed E-state index contributed by atoms with van der Waals surface area (Å²) in [5.74, 6) is 1.05. The maximum atomic E-state index is 12.4. The van der Waals surface area contributed by atoms with E-state index in [1.807, 2.05) is 0 Å². The predicted molar refractivity (Wildman–Crippen MR) is 74.7 cm³/mol. The largest absolute Gasteiger partial charge is 0.392 e. The molecule has 110 valence electrons. The number of nitrogens with zero attached hydrogens (tertiary/aromatic N) is 1. The lowest BCUT2D eigenvalue weighted by molar-refractivity contribution is -0.133. The van der Waals surface area contributed by atoms with Crippen molar-refractivity contribution in [3.8, 4) is 0 Å². The molecule has 1 amide bonds. The Morgan fingerprint density at radius 1 is 1.53 bits per heavy atom. The first-order chi connectivity index (χ1) is 8.95. The van der Waals surface area contributed by atoms with Crippen molar-refractivity contribution < 1.29 is 18.3 Å². The minimum atomic E-state index is -3.26. The number of rotatable bonds is 3. The first-order valence-electron chi connectivity index (χ1n) is 6.47. The Bertz CT molecular complexity index is 440. The van der Waals surface area contributed by atoms with Crippen LogP contribution in [0.4, 0.5) is 0 Å². The maximum absolute atomic E-state index is 12.4. The van der Waals surface area contributed by atoms with Gasteiger partial charge in [0.1, 0.15) is 5.37 Å². The number of aliphatic hydroxyl groups is 1. The first-order valence-corrected chi connectivity index (χ1v) is 9.34. The highest BCUT2D eigenvalue weighted by atomic mass is 32.2. The van der Waals surface area contributed by atoms with Crippen LogP contribution in [0, 0.1) is 0 Å². The molecule has 2 saturated heterocycles. The molecule has 2 rings (SSSR count). The number of hydrogen-bond acceptors (Lipinski definition) is 6. The molecule has 19 heavy (non-hydrogen) atoms. The third kappa shape index (κ3) is 3.24. The molecular formula is C11H20N2O4S2. The molecule has 2 N–H and O–H groups in total. The standard InChI is InChI=1S/C11H20N2O4S2/c1-2-19(16,17)10-7-18-4-3-13(10)11(15)9-5-8(14)6-12-9/h8-10,12,14H,2-7H2,1H3. The SMILES string of the molecule is CCS(=O)(=O)C1CSCCN1C(=O)C1CC(O)CN1. The second-order valence-electron chi connectivity index (χ2n) is 4.86. The Morgan fingerprint density at radius 2 is 2.26 bits per heavy atom. The van der Waals surface area contributed by atoms with Gasteiger partial charge in [-0.2, -0.15) is 11.8 Å². The molecule has 6 nitrogen and oxygen atoms in total. The van der Waals surface area contributed by atoms with Crippen molar-refractivity contribution in [1.29, 1.82) is 0 Å². The van der Waals surface area contributed by atoms with Crippen LogP contribution in [0.5, 0.6) is 0 Å². The van der Waals surface area contributed by atoms with Gasteiger partial charge in [0, 0.05) is 30.3 Å². The van der Waals surface area contributed by atoms with Crippen molar-refractivity contribution in [2.24, 2.45) is 0 Å². The lowest BCUT2D eigenvalue weighted by Gasteiger charge is -2.36. The van der Waals surface area contributed by atoms with Crippen molar-refractivity contribution in [3.63, 3.8) is 0 Å². The van der Waals surface area contributed by atoms with E-state index < -0.39 is 27.4 Å². The van der Waals surface area contributed by atoms with Gasteiger partial charge in [-0.1, -0.05) is 6.92 Å². The fourth-order valence-corrected chi connectivity index (χ4v) is 5.40. The highest BCUT2D eigenvalue weighted by Gasteiger charge is 2.40. The zero-order chi connectivity index (χ0) is 14.0. The minimum Gasteiger partial charge on any atom is -0.392 e. The zero-order valence-corrected chi connectivity index (χ0v) is 12.5. The topological polar surface area (TPSA) is 86.7 Å². The van der Waals surface area contributed by atoms with Crippen LogP contribution in [0.25, 0.3) is 0 Å². The van der Waals surface area contributed by atoms with Gasteiger partial charge in [-0.15, -0.1) is 0 Å². The molecule has 0 aromatic rings. The number of thioether (sulfide) groups is 1. The van der Waals surface area contributed by atoms with Crippen molar-refractivity contribution in [2.75, 3.05) is 30.3 Å². The Morgan fingerprint density at radius 3 is 2.84 bits per heavy atom. The molecule has 0 aromatic carbocycles. The fourth-order valence-electron chi connectivity index (χ4n) is 2.43. The van der Waals surface area contributed by atoms with Crippen LogP contribution in [-0.4, -0.2) is 72.2 Å². The van der Waals surface area contributed by atoms with Crippen LogP contribution < -0.4 is 5.32 Å². The molecule has 0 aliphatic carbocycles. The summed E-state index contributed by atoms with van der Waals surface area (Å²) in [7, 11) is -3.26. The molecule has 2 aliphatic heterocycles. The summed E-state index contributed by atoms with van der Waals surface area (Å²) in [6.45, 7) is 2.46. The van der Waals surface area contributed by atoms with E-state index in [0.717, 1.165) is 5.75 Å². The number of hydrogen-bond donors (Lipinski definition) is 2. The van der Waals surface area contributed by atoms with E-state index in [1.165, 1.54) is 4.90 Å². The third-order valence-electron chi connectivity index (χ3n) is 3.59. The van der Waals surface area contributed by atoms with E-state index in [0.29, 0.717) is 25.3 Å².